The molecule has 0 aliphatic heterocycles. The molecule has 1 heterocycles. The molecule has 2 aromatic rings. The fraction of sp³-hybridized carbons (Fsp3) is 0.400. The minimum atomic E-state index is -0.288. The van der Waals surface area contributed by atoms with E-state index in [9.17, 15) is 4.39 Å². The van der Waals surface area contributed by atoms with Crippen molar-refractivity contribution in [1.29, 1.82) is 0 Å². The van der Waals surface area contributed by atoms with Crippen molar-refractivity contribution in [1.82, 2.24) is 9.55 Å². The Morgan fingerprint density at radius 3 is 2.75 bits per heavy atom. The molecule has 0 aliphatic rings. The zero-order valence-corrected chi connectivity index (χ0v) is 13.4. The average molecular weight is 340 g/mol. The molecule has 2 rings (SSSR count). The van der Waals surface area contributed by atoms with E-state index in [2.05, 4.69) is 34.8 Å². The number of halogens is 2. The van der Waals surface area contributed by atoms with Crippen LogP contribution in [0, 0.1) is 5.82 Å². The van der Waals surface area contributed by atoms with E-state index in [4.69, 9.17) is 5.73 Å². The van der Waals surface area contributed by atoms with Crippen LogP contribution >= 0.6 is 15.9 Å². The molecular weight excluding hydrogens is 321 g/mol. The highest BCUT2D eigenvalue weighted by Crippen LogP contribution is 2.33. The second-order valence-corrected chi connectivity index (χ2v) is 5.60. The Labute approximate surface area is 127 Å². The second kappa shape index (κ2) is 6.39. The fourth-order valence-electron chi connectivity index (χ4n) is 2.23. The highest BCUT2D eigenvalue weighted by atomic mass is 79.9. The third-order valence-corrected chi connectivity index (χ3v) is 4.01. The number of imidazole rings is 1. The lowest BCUT2D eigenvalue weighted by Gasteiger charge is -2.08. The van der Waals surface area contributed by atoms with E-state index in [0.717, 1.165) is 36.1 Å². The quantitative estimate of drug-likeness (QED) is 0.877. The molecule has 0 fully saturated rings. The molecule has 1 aromatic carbocycles. The van der Waals surface area contributed by atoms with E-state index >= 15 is 0 Å². The van der Waals surface area contributed by atoms with Crippen LogP contribution < -0.4 is 5.73 Å². The van der Waals surface area contributed by atoms with Gasteiger partial charge in [-0.3, -0.25) is 0 Å². The third-order valence-electron chi connectivity index (χ3n) is 3.32. The minimum absolute atomic E-state index is 0.288. The predicted octanol–water partition coefficient (Wildman–Crippen LogP) is 4.40. The predicted molar refractivity (Wildman–Crippen MR) is 84.0 cm³/mol. The highest BCUT2D eigenvalue weighted by molar-refractivity contribution is 9.10. The summed E-state index contributed by atoms with van der Waals surface area (Å²) >= 11 is 3.44. The Morgan fingerprint density at radius 2 is 2.10 bits per heavy atom. The number of aromatic nitrogens is 2. The van der Waals surface area contributed by atoms with Gasteiger partial charge in [-0.15, -0.1) is 0 Å². The summed E-state index contributed by atoms with van der Waals surface area (Å²) in [5.74, 6) is 1.27. The van der Waals surface area contributed by atoms with Crippen LogP contribution in [0.2, 0.25) is 0 Å². The first-order valence-corrected chi connectivity index (χ1v) is 7.68. The SMILES string of the molecule is CCCCn1c(CC)nc(-c2cc(F)ccc2Br)c1N. The number of anilines is 1. The van der Waals surface area contributed by atoms with Crippen LogP contribution in [0.1, 0.15) is 32.5 Å². The van der Waals surface area contributed by atoms with E-state index in [0.29, 0.717) is 17.1 Å². The number of rotatable bonds is 5. The summed E-state index contributed by atoms with van der Waals surface area (Å²) in [7, 11) is 0. The molecule has 0 saturated heterocycles. The molecule has 3 nitrogen and oxygen atoms in total. The molecule has 0 spiro atoms. The van der Waals surface area contributed by atoms with Crippen molar-refractivity contribution in [3.05, 3.63) is 34.3 Å². The summed E-state index contributed by atoms with van der Waals surface area (Å²) in [6.45, 7) is 5.04. The van der Waals surface area contributed by atoms with Crippen LogP contribution in [0.3, 0.4) is 0 Å². The lowest BCUT2D eigenvalue weighted by molar-refractivity contribution is 0.612. The summed E-state index contributed by atoms with van der Waals surface area (Å²) < 4.78 is 16.3. The van der Waals surface area contributed by atoms with Crippen LogP contribution in [0.15, 0.2) is 22.7 Å². The molecule has 0 saturated carbocycles. The van der Waals surface area contributed by atoms with E-state index < -0.39 is 0 Å². The molecule has 5 heteroatoms. The first kappa shape index (κ1) is 15.0. The number of unbranched alkanes of at least 4 members (excludes halogenated alkanes) is 1. The molecule has 0 bridgehead atoms. The van der Waals surface area contributed by atoms with Gasteiger partial charge in [0.05, 0.1) is 0 Å². The largest absolute Gasteiger partial charge is 0.383 e. The van der Waals surface area contributed by atoms with Crippen molar-refractivity contribution in [2.24, 2.45) is 0 Å². The van der Waals surface area contributed by atoms with Crippen molar-refractivity contribution < 1.29 is 4.39 Å². The van der Waals surface area contributed by atoms with Crippen LogP contribution in [0.5, 0.6) is 0 Å². The summed E-state index contributed by atoms with van der Waals surface area (Å²) in [4.78, 5) is 4.59. The molecule has 0 amide bonds. The Kier molecular flexibility index (Phi) is 4.81. The number of aryl methyl sites for hydroxylation is 1. The third kappa shape index (κ3) is 2.87. The number of hydrogen-bond donors (Lipinski definition) is 1. The minimum Gasteiger partial charge on any atom is -0.383 e. The van der Waals surface area contributed by atoms with Crippen molar-refractivity contribution in [3.63, 3.8) is 0 Å². The molecule has 0 radical (unpaired) electrons. The Morgan fingerprint density at radius 1 is 1.35 bits per heavy atom. The van der Waals surface area contributed by atoms with Crippen LogP contribution in [-0.4, -0.2) is 9.55 Å². The van der Waals surface area contributed by atoms with Gasteiger partial charge in [0.15, 0.2) is 0 Å². The van der Waals surface area contributed by atoms with E-state index in [1.165, 1.54) is 12.1 Å². The normalized spacial score (nSPS) is 11.0. The van der Waals surface area contributed by atoms with E-state index in [1.807, 2.05) is 4.57 Å². The summed E-state index contributed by atoms with van der Waals surface area (Å²) in [6.07, 6.45) is 2.96. The maximum atomic E-state index is 13.5. The van der Waals surface area contributed by atoms with Gasteiger partial charge in [-0.25, -0.2) is 9.37 Å². The van der Waals surface area contributed by atoms with Crippen LogP contribution in [-0.2, 0) is 13.0 Å². The van der Waals surface area contributed by atoms with Gasteiger partial charge in [-0.1, -0.05) is 36.2 Å². The molecule has 0 unspecified atom stereocenters. The average Bonchev–Trinajstić information content (AvgIpc) is 2.75. The standard InChI is InChI=1S/C15H19BrFN3/c1-3-5-8-20-13(4-2)19-14(15(20)18)11-9-10(17)6-7-12(11)16/h6-7,9H,3-5,8,18H2,1-2H3. The first-order valence-electron chi connectivity index (χ1n) is 6.88. The smallest absolute Gasteiger partial charge is 0.131 e. The zero-order chi connectivity index (χ0) is 14.7. The maximum absolute atomic E-state index is 13.5. The van der Waals surface area contributed by atoms with Gasteiger partial charge in [-0.2, -0.15) is 0 Å². The number of nitrogens with zero attached hydrogens (tertiary/aromatic N) is 2. The monoisotopic (exact) mass is 339 g/mol. The molecular formula is C15H19BrFN3. The maximum Gasteiger partial charge on any atom is 0.131 e. The number of hydrogen-bond acceptors (Lipinski definition) is 2. The van der Waals surface area contributed by atoms with Gasteiger partial charge >= 0.3 is 0 Å². The zero-order valence-electron chi connectivity index (χ0n) is 11.8. The topological polar surface area (TPSA) is 43.8 Å². The molecule has 0 aliphatic carbocycles. The van der Waals surface area contributed by atoms with Crippen LogP contribution in [0.4, 0.5) is 10.2 Å². The second-order valence-electron chi connectivity index (χ2n) is 4.74. The van der Waals surface area contributed by atoms with E-state index in [1.54, 1.807) is 6.07 Å². The molecule has 108 valence electrons. The summed E-state index contributed by atoms with van der Waals surface area (Å²) in [5, 5.41) is 0. The van der Waals surface area contributed by atoms with Gasteiger partial charge in [0.2, 0.25) is 0 Å². The van der Waals surface area contributed by atoms with Gasteiger partial charge < -0.3 is 10.3 Å². The molecule has 20 heavy (non-hydrogen) atoms. The van der Waals surface area contributed by atoms with Crippen molar-refractivity contribution in [3.8, 4) is 11.3 Å². The molecule has 0 atom stereocenters. The van der Waals surface area contributed by atoms with Gasteiger partial charge in [-0.05, 0) is 24.6 Å². The number of nitrogen functional groups attached to an aromatic ring is 1. The van der Waals surface area contributed by atoms with Crippen molar-refractivity contribution in [2.45, 2.75) is 39.7 Å². The summed E-state index contributed by atoms with van der Waals surface area (Å²) in [5.41, 5.74) is 7.59. The lowest BCUT2D eigenvalue weighted by atomic mass is 10.1. The van der Waals surface area contributed by atoms with Gasteiger partial charge in [0.1, 0.15) is 23.2 Å². The first-order chi connectivity index (χ1) is 9.58. The molecule has 1 aromatic heterocycles. The summed E-state index contributed by atoms with van der Waals surface area (Å²) in [6, 6.07) is 4.56. The van der Waals surface area contributed by atoms with E-state index in [-0.39, 0.29) is 5.82 Å². The number of nitrogens with two attached hydrogens (primary N) is 1. The number of benzene rings is 1. The van der Waals surface area contributed by atoms with Gasteiger partial charge in [0, 0.05) is 23.0 Å². The Balaban J connectivity index is 2.52. The van der Waals surface area contributed by atoms with Crippen molar-refractivity contribution in [2.75, 3.05) is 5.73 Å². The Bertz CT molecular complexity index is 607. The van der Waals surface area contributed by atoms with Crippen molar-refractivity contribution >= 4 is 21.7 Å². The Hall–Kier alpha value is -1.36. The van der Waals surface area contributed by atoms with Gasteiger partial charge in [0.25, 0.3) is 0 Å². The van der Waals surface area contributed by atoms with Crippen LogP contribution in [0.25, 0.3) is 11.3 Å². The lowest BCUT2D eigenvalue weighted by Crippen LogP contribution is -2.06. The fourth-order valence-corrected chi connectivity index (χ4v) is 2.66. The highest BCUT2D eigenvalue weighted by Gasteiger charge is 2.17. The molecule has 2 N–H and O–H groups in total.